The monoisotopic (exact) mass is 365 g/mol. The Morgan fingerprint density at radius 2 is 2.17 bits per heavy atom. The number of carboxylic acids is 1. The minimum atomic E-state index is -1.07. The van der Waals surface area contributed by atoms with Gasteiger partial charge in [-0.3, -0.25) is 4.79 Å². The van der Waals surface area contributed by atoms with Crippen LogP contribution in [0.15, 0.2) is 34.8 Å². The van der Waals surface area contributed by atoms with E-state index < -0.39 is 12.6 Å². The lowest BCUT2D eigenvalue weighted by Gasteiger charge is -2.09. The fourth-order valence-electron chi connectivity index (χ4n) is 1.92. The van der Waals surface area contributed by atoms with Gasteiger partial charge in [-0.2, -0.15) is 0 Å². The zero-order valence-corrected chi connectivity index (χ0v) is 14.6. The first-order valence-corrected chi connectivity index (χ1v) is 8.08. The fraction of sp³-hybridized carbons (Fsp3) is 0.188. The number of carboxylic acid groups (broad SMARTS) is 1. The number of amides is 1. The molecule has 1 aromatic carbocycles. The molecule has 0 aliphatic carbocycles. The van der Waals surface area contributed by atoms with Gasteiger partial charge < -0.3 is 19.9 Å². The molecule has 1 heterocycles. The van der Waals surface area contributed by atoms with Gasteiger partial charge in [0.15, 0.2) is 18.1 Å². The third kappa shape index (κ3) is 4.59. The lowest BCUT2D eigenvalue weighted by molar-refractivity contribution is -0.139. The average Bonchev–Trinajstić information content (AvgIpc) is 2.89. The van der Waals surface area contributed by atoms with Gasteiger partial charge in [0.1, 0.15) is 4.32 Å². The Kier molecular flexibility index (Phi) is 5.99. The Labute approximate surface area is 148 Å². The summed E-state index contributed by atoms with van der Waals surface area (Å²) in [6, 6.07) is 5.15. The maximum atomic E-state index is 11.7. The topological polar surface area (TPSA) is 84.9 Å². The van der Waals surface area contributed by atoms with Crippen molar-refractivity contribution in [2.24, 2.45) is 0 Å². The van der Waals surface area contributed by atoms with Gasteiger partial charge in [-0.05, 0) is 30.2 Å². The van der Waals surface area contributed by atoms with Crippen molar-refractivity contribution >= 4 is 46.3 Å². The Hall–Kier alpha value is -2.32. The van der Waals surface area contributed by atoms with Gasteiger partial charge in [0.05, 0.1) is 12.0 Å². The van der Waals surface area contributed by atoms with Crippen LogP contribution >= 0.6 is 24.0 Å². The van der Waals surface area contributed by atoms with Gasteiger partial charge in [0.2, 0.25) is 0 Å². The molecule has 0 atom stereocenters. The SMILES string of the molecule is COc1ccc(/C=C/C(C)=C2/SC(=S)NC2=O)cc1OCC(=O)O. The van der Waals surface area contributed by atoms with Crippen LogP contribution in [-0.4, -0.2) is 35.0 Å². The molecule has 0 unspecified atom stereocenters. The normalized spacial score (nSPS) is 16.2. The van der Waals surface area contributed by atoms with Crippen LogP contribution in [0.25, 0.3) is 6.08 Å². The molecule has 0 spiro atoms. The molecule has 0 aromatic heterocycles. The number of rotatable bonds is 6. The summed E-state index contributed by atoms with van der Waals surface area (Å²) in [5.41, 5.74) is 1.56. The van der Waals surface area contributed by atoms with Crippen molar-refractivity contribution < 1.29 is 24.2 Å². The molecule has 24 heavy (non-hydrogen) atoms. The Morgan fingerprint density at radius 1 is 1.42 bits per heavy atom. The van der Waals surface area contributed by atoms with Crippen molar-refractivity contribution in [1.82, 2.24) is 5.32 Å². The highest BCUT2D eigenvalue weighted by Crippen LogP contribution is 2.30. The first-order chi connectivity index (χ1) is 11.4. The van der Waals surface area contributed by atoms with Crippen LogP contribution in [0, 0.1) is 0 Å². The van der Waals surface area contributed by atoms with Crippen molar-refractivity contribution in [3.63, 3.8) is 0 Å². The first kappa shape index (κ1) is 18.0. The van der Waals surface area contributed by atoms with E-state index >= 15 is 0 Å². The van der Waals surface area contributed by atoms with E-state index in [4.69, 9.17) is 26.8 Å². The summed E-state index contributed by atoms with van der Waals surface area (Å²) < 4.78 is 10.8. The highest BCUT2D eigenvalue weighted by Gasteiger charge is 2.23. The van der Waals surface area contributed by atoms with Crippen LogP contribution in [0.2, 0.25) is 0 Å². The number of nitrogens with one attached hydrogen (secondary N) is 1. The van der Waals surface area contributed by atoms with Crippen LogP contribution in [0.5, 0.6) is 11.5 Å². The highest BCUT2D eigenvalue weighted by molar-refractivity contribution is 8.26. The van der Waals surface area contributed by atoms with Crippen molar-refractivity contribution in [2.45, 2.75) is 6.92 Å². The molecule has 0 saturated carbocycles. The quantitative estimate of drug-likeness (QED) is 0.592. The molecule has 1 amide bonds. The predicted molar refractivity (Wildman–Crippen MR) is 96.2 cm³/mol. The summed E-state index contributed by atoms with van der Waals surface area (Å²) in [4.78, 5) is 22.9. The summed E-state index contributed by atoms with van der Waals surface area (Å²) >= 11 is 6.19. The number of hydrogen-bond acceptors (Lipinski definition) is 6. The van der Waals surface area contributed by atoms with E-state index in [1.165, 1.54) is 18.9 Å². The summed E-state index contributed by atoms with van der Waals surface area (Å²) in [6.07, 6.45) is 3.59. The lowest BCUT2D eigenvalue weighted by atomic mass is 10.1. The number of aliphatic carboxylic acids is 1. The van der Waals surface area contributed by atoms with Crippen molar-refractivity contribution in [3.8, 4) is 11.5 Å². The Bertz CT molecular complexity index is 755. The van der Waals surface area contributed by atoms with Gasteiger partial charge in [-0.15, -0.1) is 0 Å². The molecule has 1 fully saturated rings. The average molecular weight is 365 g/mol. The molecule has 6 nitrogen and oxygen atoms in total. The molecule has 126 valence electrons. The second-order valence-electron chi connectivity index (χ2n) is 4.78. The van der Waals surface area contributed by atoms with E-state index in [9.17, 15) is 9.59 Å². The molecule has 1 aliphatic rings. The number of hydrogen-bond donors (Lipinski definition) is 2. The number of thiocarbonyl (C=S) groups is 1. The highest BCUT2D eigenvalue weighted by atomic mass is 32.2. The van der Waals surface area contributed by atoms with Crippen LogP contribution in [-0.2, 0) is 9.59 Å². The third-order valence-corrected chi connectivity index (χ3v) is 4.39. The number of carbonyl (C=O) groups is 2. The molecule has 8 heteroatoms. The molecule has 1 aromatic rings. The van der Waals surface area contributed by atoms with Crippen LogP contribution in [0.4, 0.5) is 0 Å². The Balaban J connectivity index is 2.21. The van der Waals surface area contributed by atoms with Crippen LogP contribution < -0.4 is 14.8 Å². The number of carbonyl (C=O) groups excluding carboxylic acids is 1. The van der Waals surface area contributed by atoms with E-state index in [0.29, 0.717) is 20.7 Å². The molecule has 2 rings (SSSR count). The van der Waals surface area contributed by atoms with Crippen molar-refractivity contribution in [2.75, 3.05) is 13.7 Å². The molecular formula is C16H15NO5S2. The van der Waals surface area contributed by atoms with Gasteiger partial charge in [0, 0.05) is 0 Å². The maximum absolute atomic E-state index is 11.7. The van der Waals surface area contributed by atoms with Crippen LogP contribution in [0.1, 0.15) is 12.5 Å². The van der Waals surface area contributed by atoms with E-state index in [-0.39, 0.29) is 5.91 Å². The zero-order valence-electron chi connectivity index (χ0n) is 13.0. The molecule has 0 radical (unpaired) electrons. The minimum Gasteiger partial charge on any atom is -0.493 e. The number of thioether (sulfide) groups is 1. The molecular weight excluding hydrogens is 350 g/mol. The molecule has 1 aliphatic heterocycles. The largest absolute Gasteiger partial charge is 0.493 e. The standard InChI is InChI=1S/C16H15NO5S2/c1-9(14-15(20)17-16(23)24-14)3-4-10-5-6-11(21-2)12(7-10)22-8-13(18)19/h3-7H,8H2,1-2H3,(H,18,19)(H,17,20,23)/b4-3+,14-9+. The second kappa shape index (κ2) is 7.98. The van der Waals surface area contributed by atoms with Crippen molar-refractivity contribution in [3.05, 3.63) is 40.3 Å². The number of benzene rings is 1. The Morgan fingerprint density at radius 3 is 2.75 bits per heavy atom. The summed E-state index contributed by atoms with van der Waals surface area (Å²) in [5, 5.41) is 11.3. The number of allylic oxidation sites excluding steroid dienone is 2. The maximum Gasteiger partial charge on any atom is 0.341 e. The number of ether oxygens (including phenoxy) is 2. The lowest BCUT2D eigenvalue weighted by Crippen LogP contribution is -2.18. The summed E-state index contributed by atoms with van der Waals surface area (Å²) in [5.74, 6) is -0.493. The first-order valence-electron chi connectivity index (χ1n) is 6.85. The third-order valence-electron chi connectivity index (χ3n) is 3.04. The van der Waals surface area contributed by atoms with Crippen LogP contribution in [0.3, 0.4) is 0 Å². The van der Waals surface area contributed by atoms with E-state index in [1.807, 2.05) is 6.92 Å². The zero-order chi connectivity index (χ0) is 17.7. The number of methoxy groups -OCH3 is 1. The van der Waals surface area contributed by atoms with Gasteiger partial charge in [-0.1, -0.05) is 42.2 Å². The van der Waals surface area contributed by atoms with E-state index in [2.05, 4.69) is 5.32 Å². The molecule has 1 saturated heterocycles. The van der Waals surface area contributed by atoms with Gasteiger partial charge in [0.25, 0.3) is 5.91 Å². The van der Waals surface area contributed by atoms with Gasteiger partial charge in [-0.25, -0.2) is 4.79 Å². The molecule has 2 N–H and O–H groups in total. The minimum absolute atomic E-state index is 0.202. The summed E-state index contributed by atoms with van der Waals surface area (Å²) in [6.45, 7) is 1.36. The van der Waals surface area contributed by atoms with E-state index in [0.717, 1.165) is 11.1 Å². The van der Waals surface area contributed by atoms with Crippen molar-refractivity contribution in [1.29, 1.82) is 0 Å². The van der Waals surface area contributed by atoms with E-state index in [1.54, 1.807) is 30.4 Å². The second-order valence-corrected chi connectivity index (χ2v) is 6.47. The van der Waals surface area contributed by atoms with Gasteiger partial charge >= 0.3 is 5.97 Å². The summed E-state index contributed by atoms with van der Waals surface area (Å²) in [7, 11) is 1.48. The molecule has 0 bridgehead atoms. The smallest absolute Gasteiger partial charge is 0.341 e. The predicted octanol–water partition coefficient (Wildman–Crippen LogP) is 2.59. The fourth-order valence-corrected chi connectivity index (χ4v) is 2.96.